The summed E-state index contributed by atoms with van der Waals surface area (Å²) >= 11 is 9.77. The number of aromatic hydroxyl groups is 1. The van der Waals surface area contributed by atoms with Crippen molar-refractivity contribution in [1.82, 2.24) is 9.55 Å². The lowest BCUT2D eigenvalue weighted by Gasteiger charge is -2.00. The van der Waals surface area contributed by atoms with Crippen molar-refractivity contribution in [3.05, 3.63) is 44.3 Å². The molecule has 2 aromatic rings. The van der Waals surface area contributed by atoms with Crippen molar-refractivity contribution in [2.24, 2.45) is 7.05 Å². The number of aryl methyl sites for hydroxylation is 1. The Morgan fingerprint density at radius 3 is 2.25 bits per heavy atom. The summed E-state index contributed by atoms with van der Waals surface area (Å²) in [4.78, 5) is 3.78. The van der Waals surface area contributed by atoms with Gasteiger partial charge in [0.15, 0.2) is 0 Å². The molecule has 1 aromatic heterocycles. The molecule has 1 aromatic carbocycles. The van der Waals surface area contributed by atoms with Crippen molar-refractivity contribution in [3.8, 4) is 5.75 Å². The van der Waals surface area contributed by atoms with Gasteiger partial charge in [-0.2, -0.15) is 0 Å². The molecule has 0 aliphatic rings. The lowest BCUT2D eigenvalue weighted by atomic mass is 10.3. The van der Waals surface area contributed by atoms with Crippen molar-refractivity contribution in [1.29, 1.82) is 0 Å². The van der Waals surface area contributed by atoms with Gasteiger partial charge in [-0.25, -0.2) is 4.98 Å². The first-order valence-electron chi connectivity index (χ1n) is 4.26. The Morgan fingerprint density at radius 2 is 1.88 bits per heavy atom. The summed E-state index contributed by atoms with van der Waals surface area (Å²) in [5, 5.41) is 9.13. The SMILES string of the molecule is Cn1ccnc1.Oc1ccc(Br)c(Br)c1Br. The van der Waals surface area contributed by atoms with Gasteiger partial charge in [-0.3, -0.25) is 0 Å². The quantitative estimate of drug-likeness (QED) is 0.661. The van der Waals surface area contributed by atoms with Crippen molar-refractivity contribution in [2.45, 2.75) is 0 Å². The monoisotopic (exact) mass is 410 g/mol. The lowest BCUT2D eigenvalue weighted by Crippen LogP contribution is -1.76. The van der Waals surface area contributed by atoms with Crippen LogP contribution in [0.5, 0.6) is 5.75 Å². The maximum absolute atomic E-state index is 9.13. The van der Waals surface area contributed by atoms with Gasteiger partial charge in [0.05, 0.1) is 10.8 Å². The standard InChI is InChI=1S/C6H3Br3O.C4H6N2/c7-3-1-2-4(10)6(9)5(3)8;1-6-3-2-5-4-6/h1-2,10H;2-4H,1H3. The molecule has 1 heterocycles. The highest BCUT2D eigenvalue weighted by Gasteiger charge is 2.04. The molecule has 0 bridgehead atoms. The Bertz CT molecular complexity index is 430. The number of aromatic nitrogens is 2. The molecule has 0 spiro atoms. The van der Waals surface area contributed by atoms with Crippen LogP contribution in [0.2, 0.25) is 0 Å². The maximum Gasteiger partial charge on any atom is 0.130 e. The summed E-state index contributed by atoms with van der Waals surface area (Å²) in [6, 6.07) is 3.38. The number of benzene rings is 1. The zero-order valence-electron chi connectivity index (χ0n) is 8.36. The van der Waals surface area contributed by atoms with E-state index < -0.39 is 0 Å². The number of phenolic OH excluding ortho intramolecular Hbond substituents is 1. The van der Waals surface area contributed by atoms with E-state index in [1.54, 1.807) is 24.7 Å². The molecule has 0 aliphatic heterocycles. The Balaban J connectivity index is 0.000000181. The third-order valence-corrected chi connectivity index (χ3v) is 5.00. The van der Waals surface area contributed by atoms with Crippen LogP contribution in [-0.2, 0) is 7.05 Å². The topological polar surface area (TPSA) is 38.0 Å². The maximum atomic E-state index is 9.13. The van der Waals surface area contributed by atoms with Gasteiger partial charge in [-0.1, -0.05) is 0 Å². The van der Waals surface area contributed by atoms with Gasteiger partial charge in [0, 0.05) is 28.4 Å². The fourth-order valence-corrected chi connectivity index (χ4v) is 2.12. The van der Waals surface area contributed by atoms with Crippen LogP contribution < -0.4 is 0 Å². The minimum atomic E-state index is 0.232. The van der Waals surface area contributed by atoms with E-state index in [2.05, 4.69) is 52.8 Å². The van der Waals surface area contributed by atoms with Crippen molar-refractivity contribution in [3.63, 3.8) is 0 Å². The molecule has 1 N–H and O–H groups in total. The molecule has 0 amide bonds. The van der Waals surface area contributed by atoms with Crippen LogP contribution in [0.25, 0.3) is 0 Å². The van der Waals surface area contributed by atoms with E-state index >= 15 is 0 Å². The number of nitrogens with zero attached hydrogens (tertiary/aromatic N) is 2. The summed E-state index contributed by atoms with van der Waals surface area (Å²) in [5.74, 6) is 0.232. The summed E-state index contributed by atoms with van der Waals surface area (Å²) in [5.41, 5.74) is 0. The number of imidazole rings is 1. The average molecular weight is 413 g/mol. The first-order valence-corrected chi connectivity index (χ1v) is 6.64. The number of hydrogen-bond donors (Lipinski definition) is 1. The smallest absolute Gasteiger partial charge is 0.130 e. The molecular weight excluding hydrogens is 404 g/mol. The van der Waals surface area contributed by atoms with Crippen molar-refractivity contribution >= 4 is 47.8 Å². The average Bonchev–Trinajstić information content (AvgIpc) is 2.73. The molecule has 0 saturated carbocycles. The minimum absolute atomic E-state index is 0.232. The number of rotatable bonds is 0. The van der Waals surface area contributed by atoms with Crippen LogP contribution in [0.4, 0.5) is 0 Å². The largest absolute Gasteiger partial charge is 0.507 e. The summed E-state index contributed by atoms with van der Waals surface area (Å²) in [6.07, 6.45) is 5.39. The van der Waals surface area contributed by atoms with Gasteiger partial charge in [0.1, 0.15) is 5.75 Å². The fraction of sp³-hybridized carbons (Fsp3) is 0.100. The van der Waals surface area contributed by atoms with Gasteiger partial charge >= 0.3 is 0 Å². The van der Waals surface area contributed by atoms with E-state index in [4.69, 9.17) is 5.11 Å². The second kappa shape index (κ2) is 6.42. The molecule has 0 aliphatic carbocycles. The summed E-state index contributed by atoms with van der Waals surface area (Å²) in [6.45, 7) is 0. The first kappa shape index (κ1) is 13.7. The van der Waals surface area contributed by atoms with Crippen LogP contribution in [0.1, 0.15) is 0 Å². The molecule has 86 valence electrons. The number of halogens is 3. The van der Waals surface area contributed by atoms with E-state index in [-0.39, 0.29) is 5.75 Å². The summed E-state index contributed by atoms with van der Waals surface area (Å²) < 4.78 is 4.30. The third kappa shape index (κ3) is 3.92. The van der Waals surface area contributed by atoms with E-state index in [1.165, 1.54) is 0 Å². The van der Waals surface area contributed by atoms with E-state index in [9.17, 15) is 0 Å². The van der Waals surface area contributed by atoms with Crippen molar-refractivity contribution < 1.29 is 5.11 Å². The molecule has 0 saturated heterocycles. The van der Waals surface area contributed by atoms with Crippen LogP contribution in [0.3, 0.4) is 0 Å². The van der Waals surface area contributed by atoms with E-state index in [1.807, 2.05) is 17.8 Å². The highest BCUT2D eigenvalue weighted by Crippen LogP contribution is 2.36. The lowest BCUT2D eigenvalue weighted by molar-refractivity contribution is 0.471. The fourth-order valence-electron chi connectivity index (χ4n) is 0.841. The van der Waals surface area contributed by atoms with Gasteiger partial charge in [-0.15, -0.1) is 0 Å². The Hall–Kier alpha value is -0.330. The highest BCUT2D eigenvalue weighted by atomic mass is 79.9. The molecule has 16 heavy (non-hydrogen) atoms. The second-order valence-corrected chi connectivity index (χ2v) is 5.36. The molecule has 6 heteroatoms. The van der Waals surface area contributed by atoms with E-state index in [0.29, 0.717) is 4.47 Å². The van der Waals surface area contributed by atoms with Crippen LogP contribution in [0.15, 0.2) is 44.3 Å². The molecule has 3 nitrogen and oxygen atoms in total. The van der Waals surface area contributed by atoms with Gasteiger partial charge < -0.3 is 9.67 Å². The predicted molar refractivity (Wildman–Crippen MR) is 74.4 cm³/mol. The molecule has 0 unspecified atom stereocenters. The summed E-state index contributed by atoms with van der Waals surface area (Å²) in [7, 11) is 1.94. The molecule has 0 radical (unpaired) electrons. The molecule has 0 fully saturated rings. The second-order valence-electron chi connectivity index (χ2n) is 2.92. The Labute approximate surface area is 119 Å². The minimum Gasteiger partial charge on any atom is -0.507 e. The Kier molecular flexibility index (Phi) is 5.51. The number of hydrogen-bond acceptors (Lipinski definition) is 2. The Morgan fingerprint density at radius 1 is 1.19 bits per heavy atom. The van der Waals surface area contributed by atoms with Crippen LogP contribution >= 0.6 is 47.8 Å². The third-order valence-electron chi connectivity index (χ3n) is 1.65. The van der Waals surface area contributed by atoms with Gasteiger partial charge in [0.25, 0.3) is 0 Å². The van der Waals surface area contributed by atoms with Crippen LogP contribution in [0, 0.1) is 0 Å². The van der Waals surface area contributed by atoms with Gasteiger partial charge in [-0.05, 0) is 59.9 Å². The van der Waals surface area contributed by atoms with E-state index in [0.717, 1.165) is 8.95 Å². The van der Waals surface area contributed by atoms with Gasteiger partial charge in [0.2, 0.25) is 0 Å². The molecule has 0 atom stereocenters. The normalized spacial score (nSPS) is 9.50. The highest BCUT2D eigenvalue weighted by molar-refractivity contribution is 9.14. The first-order chi connectivity index (χ1) is 7.52. The number of phenols is 1. The molecule has 2 rings (SSSR count). The van der Waals surface area contributed by atoms with Crippen molar-refractivity contribution in [2.75, 3.05) is 0 Å². The zero-order valence-corrected chi connectivity index (χ0v) is 13.1. The molecular formula is C10H9Br3N2O. The predicted octanol–water partition coefficient (Wildman–Crippen LogP) is 4.10. The zero-order chi connectivity index (χ0) is 12.1. The van der Waals surface area contributed by atoms with Crippen LogP contribution in [-0.4, -0.2) is 14.7 Å².